The summed E-state index contributed by atoms with van der Waals surface area (Å²) in [5, 5.41) is 0. The Balaban J connectivity index is 2.03. The van der Waals surface area contributed by atoms with Crippen molar-refractivity contribution in [1.29, 1.82) is 0 Å². The van der Waals surface area contributed by atoms with Crippen LogP contribution in [-0.4, -0.2) is 48.8 Å². The molecule has 0 N–H and O–H groups in total. The molecule has 0 radical (unpaired) electrons. The van der Waals surface area contributed by atoms with Crippen LogP contribution in [0.1, 0.15) is 25.7 Å². The molecular formula is C12H20N2O2. The van der Waals surface area contributed by atoms with Gasteiger partial charge in [0.15, 0.2) is 0 Å². The van der Waals surface area contributed by atoms with E-state index in [2.05, 4.69) is 0 Å². The molecule has 4 heteroatoms. The lowest BCUT2D eigenvalue weighted by Gasteiger charge is -2.19. The maximum absolute atomic E-state index is 12.0. The molecule has 2 amide bonds. The average molecular weight is 224 g/mol. The number of fused-ring (bicyclic) bond motifs is 1. The summed E-state index contributed by atoms with van der Waals surface area (Å²) in [6.45, 7) is 1.31. The molecule has 2 atom stereocenters. The van der Waals surface area contributed by atoms with Crippen LogP contribution >= 0.6 is 0 Å². The van der Waals surface area contributed by atoms with Crippen molar-refractivity contribution in [2.24, 2.45) is 11.8 Å². The van der Waals surface area contributed by atoms with E-state index in [1.54, 1.807) is 0 Å². The molecule has 2 fully saturated rings. The maximum Gasteiger partial charge on any atom is 0.233 e. The highest BCUT2D eigenvalue weighted by molar-refractivity contribution is 6.05. The molecule has 0 spiro atoms. The standard InChI is InChI=1S/C12H20N2O2/c1-13(2)7-8-14-11(15)9-5-3-4-6-10(9)12(14)16/h9-10H,3-8H2,1-2H3/t9-,10-/m1/s1. The predicted molar refractivity (Wildman–Crippen MR) is 60.7 cm³/mol. The van der Waals surface area contributed by atoms with Crippen LogP contribution in [0.25, 0.3) is 0 Å². The summed E-state index contributed by atoms with van der Waals surface area (Å²) in [5.41, 5.74) is 0. The Bertz CT molecular complexity index is 277. The molecule has 0 aromatic carbocycles. The van der Waals surface area contributed by atoms with Gasteiger partial charge in [0.05, 0.1) is 11.8 Å². The molecule has 1 aliphatic carbocycles. The van der Waals surface area contributed by atoms with Crippen LogP contribution in [0.5, 0.6) is 0 Å². The number of imide groups is 1. The molecule has 90 valence electrons. The number of hydrogen-bond donors (Lipinski definition) is 0. The summed E-state index contributed by atoms with van der Waals surface area (Å²) < 4.78 is 0. The second-order valence-corrected chi connectivity index (χ2v) is 5.13. The van der Waals surface area contributed by atoms with Gasteiger partial charge in [0.2, 0.25) is 11.8 Å². The Morgan fingerprint density at radius 3 is 2.06 bits per heavy atom. The van der Waals surface area contributed by atoms with E-state index in [-0.39, 0.29) is 23.7 Å². The highest BCUT2D eigenvalue weighted by Crippen LogP contribution is 2.37. The van der Waals surface area contributed by atoms with Gasteiger partial charge >= 0.3 is 0 Å². The SMILES string of the molecule is CN(C)CCN1C(=O)[C@@H]2CCCC[C@H]2C1=O. The Morgan fingerprint density at radius 2 is 1.62 bits per heavy atom. The van der Waals surface area contributed by atoms with Crippen LogP contribution in [0.2, 0.25) is 0 Å². The first kappa shape index (κ1) is 11.6. The quantitative estimate of drug-likeness (QED) is 0.663. The van der Waals surface area contributed by atoms with Gasteiger partial charge in [-0.3, -0.25) is 14.5 Å². The fourth-order valence-electron chi connectivity index (χ4n) is 2.75. The number of amides is 2. The van der Waals surface area contributed by atoms with Gasteiger partial charge in [0.25, 0.3) is 0 Å². The van der Waals surface area contributed by atoms with E-state index in [1.165, 1.54) is 4.90 Å². The maximum atomic E-state index is 12.0. The number of carbonyl (C=O) groups is 2. The summed E-state index contributed by atoms with van der Waals surface area (Å²) >= 11 is 0. The first-order valence-electron chi connectivity index (χ1n) is 6.11. The molecule has 0 bridgehead atoms. The lowest BCUT2D eigenvalue weighted by molar-refractivity contribution is -0.140. The Kier molecular flexibility index (Phi) is 3.28. The molecule has 1 saturated heterocycles. The highest BCUT2D eigenvalue weighted by atomic mass is 16.2. The number of rotatable bonds is 3. The second kappa shape index (κ2) is 4.53. The first-order chi connectivity index (χ1) is 7.61. The van der Waals surface area contributed by atoms with Crippen LogP contribution in [0.3, 0.4) is 0 Å². The van der Waals surface area contributed by atoms with Crippen LogP contribution in [0.4, 0.5) is 0 Å². The zero-order chi connectivity index (χ0) is 11.7. The van der Waals surface area contributed by atoms with E-state index >= 15 is 0 Å². The van der Waals surface area contributed by atoms with Crippen molar-refractivity contribution in [3.63, 3.8) is 0 Å². The number of carbonyl (C=O) groups excluding carboxylic acids is 2. The summed E-state index contributed by atoms with van der Waals surface area (Å²) in [6.07, 6.45) is 4.02. The van der Waals surface area contributed by atoms with Gasteiger partial charge in [-0.25, -0.2) is 0 Å². The van der Waals surface area contributed by atoms with Crippen LogP contribution in [0.15, 0.2) is 0 Å². The van der Waals surface area contributed by atoms with Gasteiger partial charge in [-0.2, -0.15) is 0 Å². The van der Waals surface area contributed by atoms with Crippen molar-refractivity contribution in [3.8, 4) is 0 Å². The van der Waals surface area contributed by atoms with Gasteiger partial charge in [-0.05, 0) is 26.9 Å². The zero-order valence-corrected chi connectivity index (χ0v) is 10.1. The topological polar surface area (TPSA) is 40.6 Å². The van der Waals surface area contributed by atoms with Crippen molar-refractivity contribution in [2.45, 2.75) is 25.7 Å². The predicted octanol–water partition coefficient (Wildman–Crippen LogP) is 0.723. The number of likely N-dealkylation sites (N-methyl/N-ethyl adjacent to an activating group) is 1. The lowest BCUT2D eigenvalue weighted by Crippen LogP contribution is -2.36. The number of likely N-dealkylation sites (tertiary alicyclic amines) is 1. The molecule has 1 aliphatic heterocycles. The molecule has 2 rings (SSSR count). The van der Waals surface area contributed by atoms with Crippen molar-refractivity contribution in [3.05, 3.63) is 0 Å². The molecule has 2 aliphatic rings. The number of hydrogen-bond acceptors (Lipinski definition) is 3. The van der Waals surface area contributed by atoms with Crippen LogP contribution in [0, 0.1) is 11.8 Å². The summed E-state index contributed by atoms with van der Waals surface area (Å²) in [6, 6.07) is 0. The fourth-order valence-corrected chi connectivity index (χ4v) is 2.75. The van der Waals surface area contributed by atoms with E-state index in [9.17, 15) is 9.59 Å². The average Bonchev–Trinajstić information content (AvgIpc) is 2.50. The minimum Gasteiger partial charge on any atom is -0.308 e. The van der Waals surface area contributed by atoms with Gasteiger partial charge < -0.3 is 4.90 Å². The Morgan fingerprint density at radius 1 is 1.12 bits per heavy atom. The highest BCUT2D eigenvalue weighted by Gasteiger charge is 2.47. The third kappa shape index (κ3) is 1.98. The minimum atomic E-state index is 0.00316. The molecule has 1 heterocycles. The van der Waals surface area contributed by atoms with Gasteiger partial charge in [-0.1, -0.05) is 12.8 Å². The van der Waals surface area contributed by atoms with Crippen LogP contribution in [-0.2, 0) is 9.59 Å². The van der Waals surface area contributed by atoms with E-state index in [0.29, 0.717) is 6.54 Å². The number of nitrogens with zero attached hydrogens (tertiary/aromatic N) is 2. The smallest absolute Gasteiger partial charge is 0.233 e. The second-order valence-electron chi connectivity index (χ2n) is 5.13. The van der Waals surface area contributed by atoms with Gasteiger partial charge in [0, 0.05) is 13.1 Å². The normalized spacial score (nSPS) is 30.1. The Labute approximate surface area is 96.6 Å². The molecule has 4 nitrogen and oxygen atoms in total. The third-order valence-corrected chi connectivity index (χ3v) is 3.70. The fraction of sp³-hybridized carbons (Fsp3) is 0.833. The summed E-state index contributed by atoms with van der Waals surface area (Å²) in [5.74, 6) is 0.167. The summed E-state index contributed by atoms with van der Waals surface area (Å²) in [4.78, 5) is 27.6. The van der Waals surface area contributed by atoms with Gasteiger partial charge in [-0.15, -0.1) is 0 Å². The third-order valence-electron chi connectivity index (χ3n) is 3.70. The molecule has 16 heavy (non-hydrogen) atoms. The van der Waals surface area contributed by atoms with Crippen molar-refractivity contribution >= 4 is 11.8 Å². The lowest BCUT2D eigenvalue weighted by atomic mass is 9.81. The van der Waals surface area contributed by atoms with E-state index in [4.69, 9.17) is 0 Å². The molecule has 0 unspecified atom stereocenters. The van der Waals surface area contributed by atoms with E-state index < -0.39 is 0 Å². The summed E-state index contributed by atoms with van der Waals surface area (Å²) in [7, 11) is 3.91. The van der Waals surface area contributed by atoms with Crippen molar-refractivity contribution < 1.29 is 9.59 Å². The zero-order valence-electron chi connectivity index (χ0n) is 10.1. The van der Waals surface area contributed by atoms with Gasteiger partial charge in [0.1, 0.15) is 0 Å². The first-order valence-corrected chi connectivity index (χ1v) is 6.11. The van der Waals surface area contributed by atoms with Crippen LogP contribution < -0.4 is 0 Å². The van der Waals surface area contributed by atoms with E-state index in [0.717, 1.165) is 32.2 Å². The monoisotopic (exact) mass is 224 g/mol. The minimum absolute atomic E-state index is 0.00316. The van der Waals surface area contributed by atoms with Crippen molar-refractivity contribution in [2.75, 3.05) is 27.2 Å². The van der Waals surface area contributed by atoms with Crippen molar-refractivity contribution in [1.82, 2.24) is 9.80 Å². The molecule has 1 saturated carbocycles. The Hall–Kier alpha value is -0.900. The molecule has 0 aromatic heterocycles. The molecular weight excluding hydrogens is 204 g/mol. The largest absolute Gasteiger partial charge is 0.308 e. The van der Waals surface area contributed by atoms with E-state index in [1.807, 2.05) is 19.0 Å². The molecule has 0 aromatic rings.